The number of hydrogen-bond acceptors (Lipinski definition) is 6. The van der Waals surface area contributed by atoms with Crippen molar-refractivity contribution in [3.63, 3.8) is 0 Å². The lowest BCUT2D eigenvalue weighted by Gasteiger charge is -2.30. The van der Waals surface area contributed by atoms with Gasteiger partial charge in [-0.25, -0.2) is 4.79 Å². The van der Waals surface area contributed by atoms with Crippen LogP contribution in [-0.2, 0) is 25.6 Å². The Hall–Kier alpha value is -2.61. The maximum absolute atomic E-state index is 12.0. The van der Waals surface area contributed by atoms with E-state index in [4.69, 9.17) is 13.9 Å². The molecule has 8 heteroatoms. The van der Waals surface area contributed by atoms with E-state index in [0.717, 1.165) is 0 Å². The summed E-state index contributed by atoms with van der Waals surface area (Å²) in [5.41, 5.74) is 1.09. The second-order valence-corrected chi connectivity index (χ2v) is 5.92. The molecule has 0 bridgehead atoms. The SMILES string of the molecule is CC1CN(C(=O)COC(=O)CCn2c(=O)oc3ccccc32)CCO1. The Morgan fingerprint density at radius 1 is 1.32 bits per heavy atom. The van der Waals surface area contributed by atoms with Gasteiger partial charge in [-0.15, -0.1) is 0 Å². The highest BCUT2D eigenvalue weighted by Gasteiger charge is 2.22. The predicted octanol–water partition coefficient (Wildman–Crippen LogP) is 0.775. The second kappa shape index (κ2) is 7.52. The molecule has 2 heterocycles. The standard InChI is InChI=1S/C17H20N2O6/c1-12-10-18(8-9-23-12)15(20)11-24-16(21)6-7-19-13-4-2-3-5-14(13)25-17(19)22/h2-5,12H,6-11H2,1H3. The van der Waals surface area contributed by atoms with Crippen molar-refractivity contribution in [2.45, 2.75) is 26.0 Å². The first-order valence-corrected chi connectivity index (χ1v) is 8.18. The average molecular weight is 348 g/mol. The van der Waals surface area contributed by atoms with E-state index in [1.54, 1.807) is 29.2 Å². The van der Waals surface area contributed by atoms with Crippen LogP contribution in [-0.4, -0.2) is 53.8 Å². The number of rotatable bonds is 5. The Kier molecular flexibility index (Phi) is 5.18. The van der Waals surface area contributed by atoms with E-state index in [1.165, 1.54) is 4.57 Å². The van der Waals surface area contributed by atoms with E-state index in [-0.39, 0.29) is 31.6 Å². The number of morpholine rings is 1. The van der Waals surface area contributed by atoms with Crippen molar-refractivity contribution in [1.82, 2.24) is 9.47 Å². The van der Waals surface area contributed by atoms with Crippen molar-refractivity contribution < 1.29 is 23.5 Å². The van der Waals surface area contributed by atoms with Gasteiger partial charge >= 0.3 is 11.7 Å². The molecule has 1 aromatic carbocycles. The molecule has 1 saturated heterocycles. The lowest BCUT2D eigenvalue weighted by atomic mass is 10.3. The normalized spacial score (nSPS) is 17.6. The van der Waals surface area contributed by atoms with E-state index in [0.29, 0.717) is 30.8 Å². The molecule has 1 aliphatic heterocycles. The molecule has 0 saturated carbocycles. The smallest absolute Gasteiger partial charge is 0.419 e. The summed E-state index contributed by atoms with van der Waals surface area (Å²) in [5, 5.41) is 0. The summed E-state index contributed by atoms with van der Waals surface area (Å²) in [4.78, 5) is 37.4. The number of esters is 1. The first-order chi connectivity index (χ1) is 12.0. The quantitative estimate of drug-likeness (QED) is 0.742. The van der Waals surface area contributed by atoms with Crippen LogP contribution >= 0.6 is 0 Å². The maximum atomic E-state index is 12.0. The Labute approximate surface area is 143 Å². The highest BCUT2D eigenvalue weighted by atomic mass is 16.5. The van der Waals surface area contributed by atoms with Crippen LogP contribution in [0.25, 0.3) is 11.1 Å². The largest absolute Gasteiger partial charge is 0.456 e. The van der Waals surface area contributed by atoms with E-state index in [2.05, 4.69) is 0 Å². The first kappa shape index (κ1) is 17.2. The molecular weight excluding hydrogens is 328 g/mol. The van der Waals surface area contributed by atoms with E-state index in [1.807, 2.05) is 6.92 Å². The van der Waals surface area contributed by atoms with Crippen LogP contribution in [0.3, 0.4) is 0 Å². The maximum Gasteiger partial charge on any atom is 0.419 e. The van der Waals surface area contributed by atoms with Gasteiger partial charge in [-0.2, -0.15) is 0 Å². The first-order valence-electron chi connectivity index (χ1n) is 8.18. The molecule has 1 aliphatic rings. The van der Waals surface area contributed by atoms with Gasteiger partial charge < -0.3 is 18.8 Å². The molecular formula is C17H20N2O6. The van der Waals surface area contributed by atoms with Gasteiger partial charge in [-0.1, -0.05) is 12.1 Å². The predicted molar refractivity (Wildman–Crippen MR) is 88.0 cm³/mol. The number of para-hydroxylation sites is 2. The number of aryl methyl sites for hydroxylation is 1. The molecule has 3 rings (SSSR count). The minimum Gasteiger partial charge on any atom is -0.456 e. The number of oxazole rings is 1. The number of carbonyl (C=O) groups excluding carboxylic acids is 2. The van der Waals surface area contributed by atoms with E-state index >= 15 is 0 Å². The highest BCUT2D eigenvalue weighted by molar-refractivity contribution is 5.80. The average Bonchev–Trinajstić information content (AvgIpc) is 2.93. The molecule has 1 atom stereocenters. The van der Waals surface area contributed by atoms with Crippen molar-refractivity contribution in [2.24, 2.45) is 0 Å². The van der Waals surface area contributed by atoms with Crippen LogP contribution in [0.1, 0.15) is 13.3 Å². The van der Waals surface area contributed by atoms with Crippen LogP contribution in [0.2, 0.25) is 0 Å². The number of hydrogen-bond donors (Lipinski definition) is 0. The fourth-order valence-electron chi connectivity index (χ4n) is 2.78. The van der Waals surface area contributed by atoms with Gasteiger partial charge in [0, 0.05) is 19.6 Å². The third-order valence-electron chi connectivity index (χ3n) is 4.06. The van der Waals surface area contributed by atoms with Crippen LogP contribution in [0.15, 0.2) is 33.5 Å². The number of fused-ring (bicyclic) bond motifs is 1. The molecule has 1 fully saturated rings. The Morgan fingerprint density at radius 3 is 2.92 bits per heavy atom. The van der Waals surface area contributed by atoms with Gasteiger partial charge in [0.25, 0.3) is 5.91 Å². The summed E-state index contributed by atoms with van der Waals surface area (Å²) in [6.07, 6.45) is -0.0365. The number of aromatic nitrogens is 1. The zero-order valence-corrected chi connectivity index (χ0v) is 14.0. The van der Waals surface area contributed by atoms with E-state index < -0.39 is 11.7 Å². The number of amides is 1. The summed E-state index contributed by atoms with van der Waals surface area (Å²) in [7, 11) is 0. The summed E-state index contributed by atoms with van der Waals surface area (Å²) < 4.78 is 16.9. The van der Waals surface area contributed by atoms with Gasteiger partial charge in [0.15, 0.2) is 12.2 Å². The van der Waals surface area contributed by atoms with Crippen LogP contribution in [0.5, 0.6) is 0 Å². The van der Waals surface area contributed by atoms with Crippen molar-refractivity contribution >= 4 is 23.0 Å². The Bertz CT molecular complexity index is 824. The van der Waals surface area contributed by atoms with Gasteiger partial charge in [0.1, 0.15) is 0 Å². The minimum absolute atomic E-state index is 0.0176. The summed E-state index contributed by atoms with van der Waals surface area (Å²) in [6, 6.07) is 6.98. The zero-order valence-electron chi connectivity index (χ0n) is 14.0. The monoisotopic (exact) mass is 348 g/mol. The fourth-order valence-corrected chi connectivity index (χ4v) is 2.78. The molecule has 0 N–H and O–H groups in total. The topological polar surface area (TPSA) is 91.0 Å². The molecule has 8 nitrogen and oxygen atoms in total. The number of nitrogens with zero attached hydrogens (tertiary/aromatic N) is 2. The van der Waals surface area contributed by atoms with Crippen LogP contribution in [0, 0.1) is 0 Å². The Morgan fingerprint density at radius 2 is 2.12 bits per heavy atom. The molecule has 1 unspecified atom stereocenters. The number of ether oxygens (including phenoxy) is 2. The van der Waals surface area contributed by atoms with Gasteiger partial charge in [-0.05, 0) is 19.1 Å². The molecule has 25 heavy (non-hydrogen) atoms. The molecule has 0 aliphatic carbocycles. The minimum atomic E-state index is -0.535. The van der Waals surface area contributed by atoms with Crippen molar-refractivity contribution in [1.29, 1.82) is 0 Å². The lowest BCUT2D eigenvalue weighted by molar-refractivity contribution is -0.155. The van der Waals surface area contributed by atoms with Gasteiger partial charge in [0.05, 0.1) is 24.6 Å². The molecule has 1 aromatic heterocycles. The van der Waals surface area contributed by atoms with Crippen LogP contribution in [0.4, 0.5) is 0 Å². The van der Waals surface area contributed by atoms with Gasteiger partial charge in [-0.3, -0.25) is 14.2 Å². The molecule has 1 amide bonds. The summed E-state index contributed by atoms with van der Waals surface area (Å²) in [6.45, 7) is 3.20. The van der Waals surface area contributed by atoms with Crippen molar-refractivity contribution in [3.05, 3.63) is 34.8 Å². The molecule has 0 spiro atoms. The molecule has 134 valence electrons. The highest BCUT2D eigenvalue weighted by Crippen LogP contribution is 2.12. The van der Waals surface area contributed by atoms with Crippen molar-refractivity contribution in [2.75, 3.05) is 26.3 Å². The van der Waals surface area contributed by atoms with Crippen molar-refractivity contribution in [3.8, 4) is 0 Å². The zero-order chi connectivity index (χ0) is 17.8. The number of carbonyl (C=O) groups is 2. The van der Waals surface area contributed by atoms with Crippen LogP contribution < -0.4 is 5.76 Å². The Balaban J connectivity index is 1.50. The number of benzene rings is 1. The molecule has 0 radical (unpaired) electrons. The fraction of sp³-hybridized carbons (Fsp3) is 0.471. The van der Waals surface area contributed by atoms with Gasteiger partial charge in [0.2, 0.25) is 0 Å². The third kappa shape index (κ3) is 4.08. The lowest BCUT2D eigenvalue weighted by Crippen LogP contribution is -2.46. The molecule has 2 aromatic rings. The summed E-state index contributed by atoms with van der Waals surface area (Å²) >= 11 is 0. The van der Waals surface area contributed by atoms with E-state index in [9.17, 15) is 14.4 Å². The third-order valence-corrected chi connectivity index (χ3v) is 4.06. The second-order valence-electron chi connectivity index (χ2n) is 5.92. The summed E-state index contributed by atoms with van der Waals surface area (Å²) in [5.74, 6) is -1.30.